The molecule has 6 nitrogen and oxygen atoms in total. The van der Waals surface area contributed by atoms with Crippen LogP contribution in [0, 0.1) is 0 Å². The van der Waals surface area contributed by atoms with E-state index in [-0.39, 0.29) is 5.91 Å². The van der Waals surface area contributed by atoms with Gasteiger partial charge in [0.2, 0.25) is 0 Å². The molecule has 0 bridgehead atoms. The fourth-order valence-electron chi connectivity index (χ4n) is 3.44. The second kappa shape index (κ2) is 9.53. The normalized spacial score (nSPS) is 10.6. The third-order valence-corrected chi connectivity index (χ3v) is 5.05. The van der Waals surface area contributed by atoms with E-state index in [1.807, 2.05) is 55.5 Å². The zero-order valence-electron chi connectivity index (χ0n) is 18.8. The minimum absolute atomic E-state index is 0.301. The van der Waals surface area contributed by atoms with Crippen LogP contribution in [-0.2, 0) is 0 Å². The number of anilines is 1. The number of ether oxygens (including phenoxy) is 3. The molecule has 168 valence electrons. The van der Waals surface area contributed by atoms with Crippen molar-refractivity contribution in [3.8, 4) is 28.6 Å². The topological polar surface area (TPSA) is 69.9 Å². The lowest BCUT2D eigenvalue weighted by molar-refractivity contribution is 0.102. The van der Waals surface area contributed by atoms with E-state index in [0.29, 0.717) is 51.8 Å². The maximum atomic E-state index is 13.5. The summed E-state index contributed by atoms with van der Waals surface area (Å²) in [6.45, 7) is 6.15. The molecule has 0 aliphatic carbocycles. The Kier molecular flexibility index (Phi) is 6.36. The highest BCUT2D eigenvalue weighted by Crippen LogP contribution is 2.37. The van der Waals surface area contributed by atoms with Crippen LogP contribution in [0.5, 0.6) is 17.2 Å². The zero-order chi connectivity index (χ0) is 23.4. The first-order valence-electron chi connectivity index (χ1n) is 10.4. The number of methoxy groups -OCH3 is 2. The first-order chi connectivity index (χ1) is 16.0. The average Bonchev–Trinajstić information content (AvgIpc) is 3.21. The SMILES string of the molecule is C=C(C)COc1ccc2oc(-c3ccc(OC)cc3)c(C(=O)Nc3cccc(OC)c3)c2c1. The lowest BCUT2D eigenvalue weighted by Crippen LogP contribution is -2.12. The molecule has 0 saturated carbocycles. The second-order valence-corrected chi connectivity index (χ2v) is 7.62. The van der Waals surface area contributed by atoms with Crippen molar-refractivity contribution in [1.82, 2.24) is 0 Å². The number of furan rings is 1. The fourth-order valence-corrected chi connectivity index (χ4v) is 3.44. The Morgan fingerprint density at radius 3 is 2.36 bits per heavy atom. The Balaban J connectivity index is 1.80. The Hall–Kier alpha value is -4.19. The van der Waals surface area contributed by atoms with Gasteiger partial charge in [0.05, 0.1) is 19.8 Å². The Labute approximate surface area is 192 Å². The van der Waals surface area contributed by atoms with Gasteiger partial charge in [0.15, 0.2) is 0 Å². The van der Waals surface area contributed by atoms with Crippen LogP contribution in [0.3, 0.4) is 0 Å². The molecule has 4 rings (SSSR count). The van der Waals surface area contributed by atoms with Crippen LogP contribution in [-0.4, -0.2) is 26.7 Å². The van der Waals surface area contributed by atoms with Crippen LogP contribution < -0.4 is 19.5 Å². The largest absolute Gasteiger partial charge is 0.497 e. The lowest BCUT2D eigenvalue weighted by Gasteiger charge is -2.09. The highest BCUT2D eigenvalue weighted by atomic mass is 16.5. The van der Waals surface area contributed by atoms with E-state index in [1.165, 1.54) is 0 Å². The minimum atomic E-state index is -0.301. The molecule has 0 aliphatic heterocycles. The van der Waals surface area contributed by atoms with Crippen molar-refractivity contribution in [2.75, 3.05) is 26.1 Å². The van der Waals surface area contributed by atoms with Gasteiger partial charge in [-0.15, -0.1) is 0 Å². The van der Waals surface area contributed by atoms with Crippen LogP contribution in [0.15, 0.2) is 83.3 Å². The van der Waals surface area contributed by atoms with Gasteiger partial charge in [-0.05, 0) is 67.1 Å². The number of hydrogen-bond acceptors (Lipinski definition) is 5. The predicted molar refractivity (Wildman–Crippen MR) is 129 cm³/mol. The number of carbonyl (C=O) groups excluding carboxylic acids is 1. The van der Waals surface area contributed by atoms with E-state index in [4.69, 9.17) is 18.6 Å². The molecule has 0 radical (unpaired) electrons. The summed E-state index contributed by atoms with van der Waals surface area (Å²) in [5.41, 5.74) is 3.27. The fraction of sp³-hybridized carbons (Fsp3) is 0.148. The van der Waals surface area contributed by atoms with Gasteiger partial charge in [0.1, 0.15) is 35.2 Å². The second-order valence-electron chi connectivity index (χ2n) is 7.62. The summed E-state index contributed by atoms with van der Waals surface area (Å²) in [6, 6.07) is 20.0. The Morgan fingerprint density at radius 2 is 1.67 bits per heavy atom. The lowest BCUT2D eigenvalue weighted by atomic mass is 10.0. The number of amides is 1. The van der Waals surface area contributed by atoms with Crippen LogP contribution >= 0.6 is 0 Å². The van der Waals surface area contributed by atoms with Gasteiger partial charge >= 0.3 is 0 Å². The van der Waals surface area contributed by atoms with Crippen molar-refractivity contribution in [1.29, 1.82) is 0 Å². The molecule has 3 aromatic carbocycles. The summed E-state index contributed by atoms with van der Waals surface area (Å²) >= 11 is 0. The van der Waals surface area contributed by atoms with E-state index in [9.17, 15) is 4.79 Å². The van der Waals surface area contributed by atoms with Gasteiger partial charge in [0, 0.05) is 22.7 Å². The van der Waals surface area contributed by atoms with Crippen molar-refractivity contribution >= 4 is 22.6 Å². The van der Waals surface area contributed by atoms with Gasteiger partial charge in [-0.25, -0.2) is 0 Å². The Morgan fingerprint density at radius 1 is 0.939 bits per heavy atom. The van der Waals surface area contributed by atoms with Crippen molar-refractivity contribution in [2.45, 2.75) is 6.92 Å². The van der Waals surface area contributed by atoms with Crippen molar-refractivity contribution in [2.24, 2.45) is 0 Å². The average molecular weight is 443 g/mol. The highest BCUT2D eigenvalue weighted by Gasteiger charge is 2.23. The number of benzene rings is 3. The molecule has 1 N–H and O–H groups in total. The number of nitrogens with one attached hydrogen (secondary N) is 1. The summed E-state index contributed by atoms with van der Waals surface area (Å²) in [4.78, 5) is 13.5. The van der Waals surface area contributed by atoms with Crippen molar-refractivity contribution in [3.63, 3.8) is 0 Å². The third kappa shape index (κ3) is 4.85. The quantitative estimate of drug-likeness (QED) is 0.323. The number of hydrogen-bond donors (Lipinski definition) is 1. The summed E-state index contributed by atoms with van der Waals surface area (Å²) in [5.74, 6) is 2.15. The van der Waals surface area contributed by atoms with E-state index >= 15 is 0 Å². The number of fused-ring (bicyclic) bond motifs is 1. The van der Waals surface area contributed by atoms with E-state index in [2.05, 4.69) is 11.9 Å². The monoisotopic (exact) mass is 443 g/mol. The molecular formula is C27H25NO5. The summed E-state index contributed by atoms with van der Waals surface area (Å²) < 4.78 is 22.5. The predicted octanol–water partition coefficient (Wildman–Crippen LogP) is 6.32. The van der Waals surface area contributed by atoms with Gasteiger partial charge in [0.25, 0.3) is 5.91 Å². The maximum Gasteiger partial charge on any atom is 0.260 e. The van der Waals surface area contributed by atoms with Gasteiger partial charge in [-0.2, -0.15) is 0 Å². The van der Waals surface area contributed by atoms with Crippen molar-refractivity contribution in [3.05, 3.63) is 84.4 Å². The molecule has 1 aromatic heterocycles. The molecule has 6 heteroatoms. The van der Waals surface area contributed by atoms with E-state index in [0.717, 1.165) is 11.1 Å². The van der Waals surface area contributed by atoms with E-state index < -0.39 is 0 Å². The third-order valence-electron chi connectivity index (χ3n) is 5.05. The first-order valence-corrected chi connectivity index (χ1v) is 10.4. The molecule has 1 amide bonds. The molecule has 1 heterocycles. The molecule has 0 unspecified atom stereocenters. The molecular weight excluding hydrogens is 418 g/mol. The maximum absolute atomic E-state index is 13.5. The zero-order valence-corrected chi connectivity index (χ0v) is 18.8. The summed E-state index contributed by atoms with van der Waals surface area (Å²) in [7, 11) is 3.19. The first kappa shape index (κ1) is 22.0. The molecule has 0 saturated heterocycles. The number of carbonyl (C=O) groups is 1. The Bertz CT molecular complexity index is 1300. The van der Waals surface area contributed by atoms with Crippen LogP contribution in [0.4, 0.5) is 5.69 Å². The summed E-state index contributed by atoms with van der Waals surface area (Å²) in [5, 5.41) is 3.61. The molecule has 0 atom stereocenters. The van der Waals surface area contributed by atoms with Gasteiger partial charge in [-0.1, -0.05) is 12.6 Å². The molecule has 0 fully saturated rings. The molecule has 33 heavy (non-hydrogen) atoms. The van der Waals surface area contributed by atoms with Gasteiger partial charge in [-0.3, -0.25) is 4.79 Å². The minimum Gasteiger partial charge on any atom is -0.497 e. The van der Waals surface area contributed by atoms with Crippen molar-refractivity contribution < 1.29 is 23.4 Å². The number of rotatable bonds is 8. The molecule has 4 aromatic rings. The molecule has 0 aliphatic rings. The van der Waals surface area contributed by atoms with Crippen LogP contribution in [0.2, 0.25) is 0 Å². The van der Waals surface area contributed by atoms with Crippen LogP contribution in [0.25, 0.3) is 22.3 Å². The molecule has 0 spiro atoms. The highest BCUT2D eigenvalue weighted by molar-refractivity contribution is 6.16. The smallest absolute Gasteiger partial charge is 0.260 e. The summed E-state index contributed by atoms with van der Waals surface area (Å²) in [6.07, 6.45) is 0. The van der Waals surface area contributed by atoms with Crippen LogP contribution in [0.1, 0.15) is 17.3 Å². The van der Waals surface area contributed by atoms with Gasteiger partial charge < -0.3 is 23.9 Å². The standard InChI is InChI=1S/C27H25NO5/c1-17(2)16-32-22-12-13-24-23(15-22)25(26(33-24)18-8-10-20(30-3)11-9-18)27(29)28-19-6-5-7-21(14-19)31-4/h5-15H,1,16H2,2-4H3,(H,28,29). The van der Waals surface area contributed by atoms with E-state index in [1.54, 1.807) is 32.4 Å².